The van der Waals surface area contributed by atoms with Crippen LogP contribution in [0.25, 0.3) is 0 Å². The molecule has 20 heavy (non-hydrogen) atoms. The molecule has 7 nitrogen and oxygen atoms in total. The van der Waals surface area contributed by atoms with Crippen LogP contribution in [0.4, 0.5) is 4.79 Å². The summed E-state index contributed by atoms with van der Waals surface area (Å²) in [6, 6.07) is -0.248. The van der Waals surface area contributed by atoms with Crippen molar-refractivity contribution in [2.24, 2.45) is 0 Å². The first-order valence-electron chi connectivity index (χ1n) is 6.96. The van der Waals surface area contributed by atoms with Gasteiger partial charge in [0.15, 0.2) is 0 Å². The minimum absolute atomic E-state index is 0.0530. The fourth-order valence-corrected chi connectivity index (χ4v) is 1.64. The smallest absolute Gasteiger partial charge is 0.317 e. The Morgan fingerprint density at radius 1 is 1.10 bits per heavy atom. The first kappa shape index (κ1) is 18.2. The van der Waals surface area contributed by atoms with Crippen molar-refractivity contribution in [3.8, 4) is 0 Å². The second-order valence-corrected chi connectivity index (χ2v) is 4.48. The number of aliphatic carboxylic acids is 1. The maximum absolute atomic E-state index is 11.8. The first-order valence-corrected chi connectivity index (χ1v) is 6.96. The van der Waals surface area contributed by atoms with E-state index >= 15 is 0 Å². The molecule has 0 aromatic heterocycles. The Labute approximate surface area is 119 Å². The van der Waals surface area contributed by atoms with Crippen molar-refractivity contribution in [2.75, 3.05) is 26.7 Å². The van der Waals surface area contributed by atoms with E-state index in [1.54, 1.807) is 0 Å². The van der Waals surface area contributed by atoms with Crippen LogP contribution in [0.15, 0.2) is 0 Å². The van der Waals surface area contributed by atoms with E-state index in [2.05, 4.69) is 10.6 Å². The van der Waals surface area contributed by atoms with Crippen LogP contribution in [0.3, 0.4) is 0 Å². The standard InChI is InChI=1S/C13H25N3O4/c1-3-16(10-11(17)14-2)13(20)15-9-7-5-4-6-8-12(18)19/h3-10H2,1-2H3,(H,14,17)(H,15,20)(H,18,19). The predicted molar refractivity (Wildman–Crippen MR) is 75.4 cm³/mol. The Hall–Kier alpha value is -1.79. The molecule has 0 atom stereocenters. The minimum atomic E-state index is -0.772. The van der Waals surface area contributed by atoms with Gasteiger partial charge in [-0.3, -0.25) is 9.59 Å². The normalized spacial score (nSPS) is 9.90. The summed E-state index contributed by atoms with van der Waals surface area (Å²) in [6.07, 6.45) is 3.40. The molecule has 3 amide bonds. The number of carboxylic acid groups (broad SMARTS) is 1. The molecule has 0 heterocycles. The number of rotatable bonds is 10. The Balaban J connectivity index is 3.69. The van der Waals surface area contributed by atoms with Crippen molar-refractivity contribution < 1.29 is 19.5 Å². The molecule has 0 aromatic carbocycles. The SMILES string of the molecule is CCN(CC(=O)NC)C(=O)NCCCCCCC(=O)O. The van der Waals surface area contributed by atoms with E-state index in [4.69, 9.17) is 5.11 Å². The van der Waals surface area contributed by atoms with E-state index in [1.165, 1.54) is 11.9 Å². The van der Waals surface area contributed by atoms with Crippen LogP contribution in [0, 0.1) is 0 Å². The molecule has 0 saturated carbocycles. The van der Waals surface area contributed by atoms with Crippen LogP contribution in [0.1, 0.15) is 39.0 Å². The Bertz CT molecular complexity index is 321. The second-order valence-electron chi connectivity index (χ2n) is 4.48. The van der Waals surface area contributed by atoms with E-state index in [0.717, 1.165) is 19.3 Å². The number of hydrogen-bond donors (Lipinski definition) is 3. The van der Waals surface area contributed by atoms with Gasteiger partial charge in [0.25, 0.3) is 0 Å². The molecule has 3 N–H and O–H groups in total. The molecule has 0 radical (unpaired) electrons. The summed E-state index contributed by atoms with van der Waals surface area (Å²) < 4.78 is 0. The fourth-order valence-electron chi connectivity index (χ4n) is 1.64. The fraction of sp³-hybridized carbons (Fsp3) is 0.769. The molecule has 0 rings (SSSR count). The average molecular weight is 287 g/mol. The van der Waals surface area contributed by atoms with Crippen molar-refractivity contribution in [1.29, 1.82) is 0 Å². The lowest BCUT2D eigenvalue weighted by molar-refractivity contribution is -0.137. The highest BCUT2D eigenvalue weighted by atomic mass is 16.4. The van der Waals surface area contributed by atoms with Gasteiger partial charge in [0, 0.05) is 26.6 Å². The number of carboxylic acids is 1. The molecule has 0 saturated heterocycles. The van der Waals surface area contributed by atoms with Gasteiger partial charge in [0.05, 0.1) is 0 Å². The monoisotopic (exact) mass is 287 g/mol. The zero-order valence-electron chi connectivity index (χ0n) is 12.3. The van der Waals surface area contributed by atoms with Gasteiger partial charge in [0.1, 0.15) is 6.54 Å². The maximum atomic E-state index is 11.8. The number of nitrogens with one attached hydrogen (secondary N) is 2. The quantitative estimate of drug-likeness (QED) is 0.517. The molecule has 0 fully saturated rings. The summed E-state index contributed by atoms with van der Waals surface area (Å²) in [5, 5.41) is 13.7. The van der Waals surface area contributed by atoms with Gasteiger partial charge >= 0.3 is 12.0 Å². The van der Waals surface area contributed by atoms with Crippen molar-refractivity contribution in [1.82, 2.24) is 15.5 Å². The lowest BCUT2D eigenvalue weighted by Crippen LogP contribution is -2.45. The molecule has 116 valence electrons. The number of urea groups is 1. The third-order valence-electron chi connectivity index (χ3n) is 2.88. The van der Waals surface area contributed by atoms with Crippen LogP contribution >= 0.6 is 0 Å². The summed E-state index contributed by atoms with van der Waals surface area (Å²) in [6.45, 7) is 2.87. The first-order chi connectivity index (χ1) is 9.51. The number of unbranched alkanes of at least 4 members (excludes halogenated alkanes) is 3. The van der Waals surface area contributed by atoms with E-state index < -0.39 is 5.97 Å². The Morgan fingerprint density at radius 3 is 2.30 bits per heavy atom. The molecule has 0 aromatic rings. The summed E-state index contributed by atoms with van der Waals surface area (Å²) in [5.41, 5.74) is 0. The zero-order chi connectivity index (χ0) is 15.4. The van der Waals surface area contributed by atoms with Gasteiger partial charge in [-0.15, -0.1) is 0 Å². The van der Waals surface area contributed by atoms with Crippen molar-refractivity contribution in [3.05, 3.63) is 0 Å². The molecule has 0 aliphatic carbocycles. The van der Waals surface area contributed by atoms with E-state index in [-0.39, 0.29) is 24.9 Å². The largest absolute Gasteiger partial charge is 0.481 e. The van der Waals surface area contributed by atoms with Gasteiger partial charge in [-0.25, -0.2) is 4.79 Å². The average Bonchev–Trinajstić information content (AvgIpc) is 2.42. The molecule has 7 heteroatoms. The van der Waals surface area contributed by atoms with Crippen molar-refractivity contribution >= 4 is 17.9 Å². The number of amides is 3. The van der Waals surface area contributed by atoms with Gasteiger partial charge in [-0.2, -0.15) is 0 Å². The number of carbonyl (C=O) groups excluding carboxylic acids is 2. The molecule has 0 bridgehead atoms. The van der Waals surface area contributed by atoms with Crippen LogP contribution in [-0.4, -0.2) is 54.6 Å². The predicted octanol–water partition coefficient (Wildman–Crippen LogP) is 0.799. The highest BCUT2D eigenvalue weighted by Crippen LogP contribution is 2.02. The summed E-state index contributed by atoms with van der Waals surface area (Å²) in [7, 11) is 1.53. The van der Waals surface area contributed by atoms with Crippen LogP contribution in [0.5, 0.6) is 0 Å². The molecule has 0 aliphatic rings. The topological polar surface area (TPSA) is 98.7 Å². The van der Waals surface area contributed by atoms with Crippen molar-refractivity contribution in [2.45, 2.75) is 39.0 Å². The number of carbonyl (C=O) groups is 3. The molecular weight excluding hydrogens is 262 g/mol. The summed E-state index contributed by atoms with van der Waals surface area (Å²) in [4.78, 5) is 34.7. The van der Waals surface area contributed by atoms with Gasteiger partial charge in [-0.05, 0) is 19.8 Å². The molecular formula is C13H25N3O4. The summed E-state index contributed by atoms with van der Waals surface area (Å²) in [5.74, 6) is -0.971. The van der Waals surface area contributed by atoms with Crippen LogP contribution < -0.4 is 10.6 Å². The van der Waals surface area contributed by atoms with E-state index in [1.807, 2.05) is 6.92 Å². The minimum Gasteiger partial charge on any atom is -0.481 e. The van der Waals surface area contributed by atoms with E-state index in [0.29, 0.717) is 19.5 Å². The van der Waals surface area contributed by atoms with Gasteiger partial charge in [0.2, 0.25) is 5.91 Å². The molecule has 0 aliphatic heterocycles. The third-order valence-corrected chi connectivity index (χ3v) is 2.88. The van der Waals surface area contributed by atoms with E-state index in [9.17, 15) is 14.4 Å². The van der Waals surface area contributed by atoms with Gasteiger partial charge in [-0.1, -0.05) is 12.8 Å². The number of hydrogen-bond acceptors (Lipinski definition) is 3. The van der Waals surface area contributed by atoms with Gasteiger partial charge < -0.3 is 20.6 Å². The molecule has 0 unspecified atom stereocenters. The highest BCUT2D eigenvalue weighted by Gasteiger charge is 2.13. The second kappa shape index (κ2) is 11.1. The number of nitrogens with zero attached hydrogens (tertiary/aromatic N) is 1. The summed E-state index contributed by atoms with van der Waals surface area (Å²) >= 11 is 0. The maximum Gasteiger partial charge on any atom is 0.317 e. The molecule has 0 spiro atoms. The Kier molecular flexibility index (Phi) is 10.1. The highest BCUT2D eigenvalue weighted by molar-refractivity contribution is 5.83. The Morgan fingerprint density at radius 2 is 1.75 bits per heavy atom. The third kappa shape index (κ3) is 9.18. The van der Waals surface area contributed by atoms with Crippen LogP contribution in [0.2, 0.25) is 0 Å². The zero-order valence-corrected chi connectivity index (χ0v) is 12.3. The number of likely N-dealkylation sites (N-methyl/N-ethyl adjacent to an activating group) is 2. The lowest BCUT2D eigenvalue weighted by Gasteiger charge is -2.20. The van der Waals surface area contributed by atoms with Crippen LogP contribution in [-0.2, 0) is 9.59 Å². The lowest BCUT2D eigenvalue weighted by atomic mass is 10.1. The van der Waals surface area contributed by atoms with Crippen molar-refractivity contribution in [3.63, 3.8) is 0 Å².